The van der Waals surface area contributed by atoms with Crippen LogP contribution >= 0.6 is 0 Å². The SMILES string of the molecule is CC(=O)NC1C(O)[C@H](O)C(CO)O[C@H]1O[C@@H]1C(CO)O[C@@H](Oc2ccc([N+](=O)[O-])cc2)C(NC(C)=O)C1O. The van der Waals surface area contributed by atoms with Crippen LogP contribution in [0.25, 0.3) is 0 Å². The van der Waals surface area contributed by atoms with E-state index in [1.807, 2.05) is 0 Å². The van der Waals surface area contributed by atoms with E-state index < -0.39 is 91.2 Å². The second kappa shape index (κ2) is 12.7. The summed E-state index contributed by atoms with van der Waals surface area (Å²) in [4.78, 5) is 33.9. The van der Waals surface area contributed by atoms with Gasteiger partial charge in [0.25, 0.3) is 5.69 Å². The lowest BCUT2D eigenvalue weighted by molar-refractivity contribution is -0.384. The van der Waals surface area contributed by atoms with Gasteiger partial charge in [0, 0.05) is 26.0 Å². The van der Waals surface area contributed by atoms with Crippen LogP contribution in [0, 0.1) is 10.1 Å². The van der Waals surface area contributed by atoms with E-state index in [9.17, 15) is 45.2 Å². The molecule has 0 radical (unpaired) electrons. The maximum Gasteiger partial charge on any atom is 0.269 e. The molecule has 2 aliphatic heterocycles. The van der Waals surface area contributed by atoms with Crippen molar-refractivity contribution in [2.24, 2.45) is 0 Å². The molecule has 16 nitrogen and oxygen atoms in total. The van der Waals surface area contributed by atoms with Gasteiger partial charge in [-0.1, -0.05) is 0 Å². The van der Waals surface area contributed by atoms with Crippen molar-refractivity contribution in [2.75, 3.05) is 13.2 Å². The Morgan fingerprint density at radius 2 is 1.42 bits per heavy atom. The van der Waals surface area contributed by atoms with E-state index in [0.29, 0.717) is 0 Å². The number of carbonyl (C=O) groups excluding carboxylic acids is 2. The van der Waals surface area contributed by atoms with E-state index in [1.54, 1.807) is 0 Å². The Morgan fingerprint density at radius 1 is 0.895 bits per heavy atom. The Kier molecular flexibility index (Phi) is 9.91. The van der Waals surface area contributed by atoms with Gasteiger partial charge in [-0.25, -0.2) is 0 Å². The van der Waals surface area contributed by atoms with Gasteiger partial charge in [0.15, 0.2) is 6.29 Å². The van der Waals surface area contributed by atoms with Gasteiger partial charge in [0.1, 0.15) is 54.5 Å². The van der Waals surface area contributed by atoms with Crippen molar-refractivity contribution in [2.45, 2.75) is 75.1 Å². The van der Waals surface area contributed by atoms with Crippen molar-refractivity contribution < 1.29 is 59.0 Å². The maximum absolute atomic E-state index is 11.9. The number of nitrogens with one attached hydrogen (secondary N) is 2. The molecule has 38 heavy (non-hydrogen) atoms. The summed E-state index contributed by atoms with van der Waals surface area (Å²) in [6.45, 7) is 0.888. The van der Waals surface area contributed by atoms with Crippen molar-refractivity contribution in [1.82, 2.24) is 10.6 Å². The van der Waals surface area contributed by atoms with Crippen molar-refractivity contribution in [3.05, 3.63) is 34.4 Å². The average Bonchev–Trinajstić information content (AvgIpc) is 2.86. The summed E-state index contributed by atoms with van der Waals surface area (Å²) in [7, 11) is 0. The first-order chi connectivity index (χ1) is 18.0. The van der Waals surface area contributed by atoms with Gasteiger partial charge in [-0.15, -0.1) is 0 Å². The van der Waals surface area contributed by atoms with Crippen LogP contribution in [-0.4, -0.2) is 117 Å². The summed E-state index contributed by atoms with van der Waals surface area (Å²) in [6.07, 6.45) is -11.8. The fourth-order valence-corrected chi connectivity index (χ4v) is 4.25. The minimum absolute atomic E-state index is 0.100. The van der Waals surface area contributed by atoms with Crippen LogP contribution in [0.5, 0.6) is 5.75 Å². The molecule has 1 aromatic carbocycles. The van der Waals surface area contributed by atoms with Crippen LogP contribution in [0.4, 0.5) is 5.69 Å². The highest BCUT2D eigenvalue weighted by Gasteiger charge is 2.52. The van der Waals surface area contributed by atoms with E-state index in [2.05, 4.69) is 10.6 Å². The number of nitro groups is 1. The lowest BCUT2D eigenvalue weighted by atomic mass is 9.94. The lowest BCUT2D eigenvalue weighted by Crippen LogP contribution is -2.69. The zero-order valence-electron chi connectivity index (χ0n) is 20.4. The molecule has 6 unspecified atom stereocenters. The second-order valence-corrected chi connectivity index (χ2v) is 8.84. The minimum Gasteiger partial charge on any atom is -0.463 e. The highest BCUT2D eigenvalue weighted by atomic mass is 16.7. The quantitative estimate of drug-likeness (QED) is 0.120. The Bertz CT molecular complexity index is 980. The van der Waals surface area contributed by atoms with Gasteiger partial charge in [0.2, 0.25) is 18.1 Å². The first-order valence-corrected chi connectivity index (χ1v) is 11.6. The summed E-state index contributed by atoms with van der Waals surface area (Å²) in [6, 6.07) is 2.29. The van der Waals surface area contributed by atoms with Crippen LogP contribution in [0.3, 0.4) is 0 Å². The van der Waals surface area contributed by atoms with Crippen LogP contribution in [0.2, 0.25) is 0 Å². The molecule has 3 rings (SSSR count). The number of non-ortho nitro benzene ring substituents is 1. The third-order valence-corrected chi connectivity index (χ3v) is 6.06. The normalized spacial score (nSPS) is 35.2. The number of hydrogen-bond donors (Lipinski definition) is 7. The van der Waals surface area contributed by atoms with Crippen LogP contribution in [-0.2, 0) is 23.8 Å². The number of aliphatic hydroxyl groups excluding tert-OH is 5. The van der Waals surface area contributed by atoms with E-state index >= 15 is 0 Å². The molecule has 1 aromatic rings. The molecule has 0 aliphatic carbocycles. The summed E-state index contributed by atoms with van der Waals surface area (Å²) in [5, 5.41) is 67.2. The minimum atomic E-state index is -1.63. The number of benzene rings is 1. The second-order valence-electron chi connectivity index (χ2n) is 8.84. The molecule has 16 heteroatoms. The standard InChI is InChI=1S/C22H31N3O13/c1-9(28)23-15-18(31)17(30)13(7-26)36-22(15)38-20-14(8-27)37-21(16(19(20)32)24-10(2)29)35-12-5-3-11(4-6-12)25(33)34/h3-6,13-22,26-27,30-32H,7-8H2,1-2H3,(H,23,28)(H,24,29)/t13?,14?,15?,16?,17-,18?,19?,20-,21-,22+/m1/s1. The molecular formula is C22H31N3O13. The summed E-state index contributed by atoms with van der Waals surface area (Å²) in [5.41, 5.74) is -0.197. The molecule has 2 amide bonds. The molecule has 0 spiro atoms. The van der Waals surface area contributed by atoms with Gasteiger partial charge in [-0.2, -0.15) is 0 Å². The van der Waals surface area contributed by atoms with Gasteiger partial charge >= 0.3 is 0 Å². The predicted molar refractivity (Wildman–Crippen MR) is 123 cm³/mol. The number of nitrogens with zero attached hydrogens (tertiary/aromatic N) is 1. The molecular weight excluding hydrogens is 514 g/mol. The molecule has 2 aliphatic rings. The van der Waals surface area contributed by atoms with Crippen LogP contribution in [0.15, 0.2) is 24.3 Å². The van der Waals surface area contributed by atoms with Crippen molar-refractivity contribution in [3.63, 3.8) is 0 Å². The zero-order valence-corrected chi connectivity index (χ0v) is 20.4. The molecule has 0 saturated carbocycles. The predicted octanol–water partition coefficient (Wildman–Crippen LogP) is -3.11. The summed E-state index contributed by atoms with van der Waals surface area (Å²) >= 11 is 0. The molecule has 2 saturated heterocycles. The molecule has 2 fully saturated rings. The number of hydrogen-bond acceptors (Lipinski definition) is 13. The Hall–Kier alpha value is -2.96. The lowest BCUT2D eigenvalue weighted by Gasteiger charge is -2.48. The Morgan fingerprint density at radius 3 is 1.92 bits per heavy atom. The monoisotopic (exact) mass is 545 g/mol. The Labute approximate surface area is 216 Å². The van der Waals surface area contributed by atoms with Crippen molar-refractivity contribution in [1.29, 1.82) is 0 Å². The zero-order chi connectivity index (χ0) is 28.1. The number of rotatable bonds is 9. The maximum atomic E-state index is 11.9. The molecule has 0 aromatic heterocycles. The smallest absolute Gasteiger partial charge is 0.269 e. The van der Waals surface area contributed by atoms with Gasteiger partial charge in [-0.05, 0) is 12.1 Å². The molecule has 0 bridgehead atoms. The Balaban J connectivity index is 1.86. The summed E-state index contributed by atoms with van der Waals surface area (Å²) in [5.74, 6) is -1.09. The first kappa shape index (κ1) is 29.6. The first-order valence-electron chi connectivity index (χ1n) is 11.6. The van der Waals surface area contributed by atoms with Crippen LogP contribution in [0.1, 0.15) is 13.8 Å². The molecule has 10 atom stereocenters. The number of ether oxygens (including phenoxy) is 4. The third kappa shape index (κ3) is 6.72. The van der Waals surface area contributed by atoms with E-state index in [4.69, 9.17) is 18.9 Å². The van der Waals surface area contributed by atoms with Gasteiger partial charge in [-0.3, -0.25) is 19.7 Å². The number of amides is 2. The van der Waals surface area contributed by atoms with Gasteiger partial charge in [0.05, 0.1) is 18.1 Å². The van der Waals surface area contributed by atoms with E-state index in [0.717, 1.165) is 6.92 Å². The molecule has 212 valence electrons. The molecule has 2 heterocycles. The molecule has 7 N–H and O–H groups in total. The number of nitro benzene ring substituents is 1. The summed E-state index contributed by atoms with van der Waals surface area (Å²) < 4.78 is 22.8. The van der Waals surface area contributed by atoms with Crippen molar-refractivity contribution >= 4 is 17.5 Å². The fourth-order valence-electron chi connectivity index (χ4n) is 4.25. The topological polar surface area (TPSA) is 239 Å². The van der Waals surface area contributed by atoms with Gasteiger partial charge < -0.3 is 55.1 Å². The largest absolute Gasteiger partial charge is 0.463 e. The van der Waals surface area contributed by atoms with Crippen LogP contribution < -0.4 is 15.4 Å². The van der Waals surface area contributed by atoms with E-state index in [1.165, 1.54) is 31.2 Å². The van der Waals surface area contributed by atoms with E-state index in [-0.39, 0.29) is 11.4 Å². The number of aliphatic hydroxyl groups is 5. The highest BCUT2D eigenvalue weighted by molar-refractivity contribution is 5.73. The van der Waals surface area contributed by atoms with Crippen molar-refractivity contribution in [3.8, 4) is 5.75 Å². The third-order valence-electron chi connectivity index (χ3n) is 6.06. The fraction of sp³-hybridized carbons (Fsp3) is 0.636. The average molecular weight is 545 g/mol. The highest BCUT2D eigenvalue weighted by Crippen LogP contribution is 2.31. The number of carbonyl (C=O) groups is 2.